The highest BCUT2D eigenvalue weighted by Crippen LogP contribution is 2.29. The Morgan fingerprint density at radius 1 is 0.957 bits per heavy atom. The van der Waals surface area contributed by atoms with Crippen LogP contribution in [-0.4, -0.2) is 10.0 Å². The molecule has 0 aliphatic rings. The maximum Gasteiger partial charge on any atom is 0.416 e. The van der Waals surface area contributed by atoms with Crippen molar-refractivity contribution < 1.29 is 18.1 Å². The van der Waals surface area contributed by atoms with Crippen molar-refractivity contribution in [2.45, 2.75) is 6.18 Å². The van der Waals surface area contributed by atoms with E-state index in [1.165, 1.54) is 36.4 Å². The van der Waals surface area contributed by atoms with E-state index in [1.54, 1.807) is 0 Å². The summed E-state index contributed by atoms with van der Waals surface area (Å²) in [7, 11) is 0. The second-order valence-corrected chi connectivity index (χ2v) is 4.87. The van der Waals surface area contributed by atoms with Gasteiger partial charge in [0, 0.05) is 23.5 Å². The monoisotopic (exact) mass is 341 g/mol. The minimum atomic E-state index is -4.39. The van der Waals surface area contributed by atoms with Gasteiger partial charge >= 0.3 is 6.18 Å². The molecular weight excluding hydrogens is 331 g/mol. The molecule has 2 rings (SSSR count). The van der Waals surface area contributed by atoms with Gasteiger partial charge in [-0.05, 0) is 48.6 Å². The Labute approximate surface area is 134 Å². The fourth-order valence-electron chi connectivity index (χ4n) is 1.70. The quantitative estimate of drug-likeness (QED) is 0.491. The fraction of sp³-hybridized carbons (Fsp3) is 0.0714. The van der Waals surface area contributed by atoms with E-state index in [1.807, 2.05) is 0 Å². The zero-order chi connectivity index (χ0) is 17.0. The summed E-state index contributed by atoms with van der Waals surface area (Å²) in [6.45, 7) is 0. The molecule has 0 atom stereocenters. The molecule has 0 bridgehead atoms. The number of hydrogen-bond donors (Lipinski definition) is 2. The molecule has 0 aliphatic carbocycles. The Hall–Kier alpha value is -2.68. The number of nitrogens with one attached hydrogen (secondary N) is 2. The van der Waals surface area contributed by atoms with Crippen molar-refractivity contribution >= 4 is 34.4 Å². The largest absolute Gasteiger partial charge is 0.416 e. The number of benzene rings is 2. The summed E-state index contributed by atoms with van der Waals surface area (Å²) in [5, 5.41) is 16.2. The molecule has 0 fully saturated rings. The first-order chi connectivity index (χ1) is 10.8. The number of nitrogens with zero attached hydrogens (tertiary/aromatic N) is 1. The number of nitro groups is 1. The van der Waals surface area contributed by atoms with Gasteiger partial charge in [-0.15, -0.1) is 0 Å². The van der Waals surface area contributed by atoms with E-state index >= 15 is 0 Å². The number of rotatable bonds is 3. The molecule has 2 aromatic carbocycles. The van der Waals surface area contributed by atoms with Crippen LogP contribution in [0, 0.1) is 10.1 Å². The molecule has 0 saturated heterocycles. The number of thiocarbonyl (C=S) groups is 1. The van der Waals surface area contributed by atoms with Gasteiger partial charge in [-0.1, -0.05) is 0 Å². The molecule has 9 heteroatoms. The van der Waals surface area contributed by atoms with Gasteiger partial charge in [-0.25, -0.2) is 0 Å². The molecule has 23 heavy (non-hydrogen) atoms. The molecule has 2 aromatic rings. The predicted molar refractivity (Wildman–Crippen MR) is 84.4 cm³/mol. The van der Waals surface area contributed by atoms with Gasteiger partial charge in [0.2, 0.25) is 0 Å². The minimum Gasteiger partial charge on any atom is -0.332 e. The number of alkyl halides is 3. The zero-order valence-corrected chi connectivity index (χ0v) is 12.2. The molecule has 0 aliphatic heterocycles. The maximum atomic E-state index is 12.5. The van der Waals surface area contributed by atoms with Crippen LogP contribution < -0.4 is 10.6 Å². The third-order valence-electron chi connectivity index (χ3n) is 2.81. The normalized spacial score (nSPS) is 10.9. The fourth-order valence-corrected chi connectivity index (χ4v) is 1.94. The molecule has 0 spiro atoms. The highest BCUT2D eigenvalue weighted by atomic mass is 32.1. The standard InChI is InChI=1S/C14H10F3N3O2S/c15-14(16,17)9-1-3-10(4-2-9)18-13(23)19-11-5-7-12(8-6-11)20(21)22/h1-8H,(H2,18,19,23). The summed E-state index contributed by atoms with van der Waals surface area (Å²) in [4.78, 5) is 10.0. The van der Waals surface area contributed by atoms with E-state index in [2.05, 4.69) is 10.6 Å². The lowest BCUT2D eigenvalue weighted by Gasteiger charge is -2.11. The third kappa shape index (κ3) is 4.65. The summed E-state index contributed by atoms with van der Waals surface area (Å²) in [5.41, 5.74) is 0.0897. The van der Waals surface area contributed by atoms with Crippen LogP contribution in [0.15, 0.2) is 48.5 Å². The molecule has 0 amide bonds. The molecule has 120 valence electrons. The Bertz CT molecular complexity index is 716. The van der Waals surface area contributed by atoms with Crippen LogP contribution in [-0.2, 0) is 6.18 Å². The lowest BCUT2D eigenvalue weighted by atomic mass is 10.2. The molecule has 5 nitrogen and oxygen atoms in total. The number of hydrogen-bond acceptors (Lipinski definition) is 3. The first-order valence-electron chi connectivity index (χ1n) is 6.25. The number of halogens is 3. The molecule has 0 radical (unpaired) electrons. The van der Waals surface area contributed by atoms with Crippen molar-refractivity contribution in [2.75, 3.05) is 10.6 Å². The van der Waals surface area contributed by atoms with E-state index in [-0.39, 0.29) is 10.8 Å². The van der Waals surface area contributed by atoms with Crippen molar-refractivity contribution in [1.82, 2.24) is 0 Å². The van der Waals surface area contributed by atoms with Crippen molar-refractivity contribution in [3.05, 3.63) is 64.2 Å². The predicted octanol–water partition coefficient (Wildman–Crippen LogP) is 4.42. The summed E-state index contributed by atoms with van der Waals surface area (Å²) in [5.74, 6) is 0. The molecule has 0 saturated carbocycles. The molecular formula is C14H10F3N3O2S. The van der Waals surface area contributed by atoms with Crippen LogP contribution in [0.5, 0.6) is 0 Å². The molecule has 0 heterocycles. The van der Waals surface area contributed by atoms with Crippen molar-refractivity contribution in [1.29, 1.82) is 0 Å². The van der Waals surface area contributed by atoms with Gasteiger partial charge in [0.25, 0.3) is 5.69 Å². The Morgan fingerprint density at radius 3 is 1.78 bits per heavy atom. The molecule has 0 unspecified atom stereocenters. The minimum absolute atomic E-state index is 0.0582. The maximum absolute atomic E-state index is 12.5. The second kappa shape index (κ2) is 6.61. The van der Waals surface area contributed by atoms with E-state index in [0.29, 0.717) is 11.4 Å². The Kier molecular flexibility index (Phi) is 4.80. The smallest absolute Gasteiger partial charge is 0.332 e. The number of non-ortho nitro benzene ring substituents is 1. The van der Waals surface area contributed by atoms with Crippen molar-refractivity contribution in [2.24, 2.45) is 0 Å². The van der Waals surface area contributed by atoms with Crippen LogP contribution in [0.2, 0.25) is 0 Å². The van der Waals surface area contributed by atoms with Gasteiger partial charge in [0.1, 0.15) is 0 Å². The van der Waals surface area contributed by atoms with Crippen LogP contribution in [0.4, 0.5) is 30.2 Å². The Balaban J connectivity index is 1.98. The van der Waals surface area contributed by atoms with Gasteiger partial charge in [-0.3, -0.25) is 10.1 Å². The lowest BCUT2D eigenvalue weighted by molar-refractivity contribution is -0.384. The number of nitro benzene ring substituents is 1. The average molecular weight is 341 g/mol. The number of anilines is 2. The van der Waals surface area contributed by atoms with E-state index in [9.17, 15) is 23.3 Å². The first-order valence-corrected chi connectivity index (χ1v) is 6.66. The summed E-state index contributed by atoms with van der Waals surface area (Å²) < 4.78 is 37.4. The van der Waals surface area contributed by atoms with E-state index < -0.39 is 16.7 Å². The topological polar surface area (TPSA) is 67.2 Å². The SMILES string of the molecule is O=[N+]([O-])c1ccc(NC(=S)Nc2ccc(C(F)(F)F)cc2)cc1. The second-order valence-electron chi connectivity index (χ2n) is 4.46. The summed E-state index contributed by atoms with van der Waals surface area (Å²) >= 11 is 5.03. The average Bonchev–Trinajstić information content (AvgIpc) is 2.47. The van der Waals surface area contributed by atoms with Crippen LogP contribution >= 0.6 is 12.2 Å². The van der Waals surface area contributed by atoms with E-state index in [0.717, 1.165) is 12.1 Å². The Morgan fingerprint density at radius 2 is 1.39 bits per heavy atom. The van der Waals surface area contributed by atoms with Crippen LogP contribution in [0.25, 0.3) is 0 Å². The third-order valence-corrected chi connectivity index (χ3v) is 3.01. The highest BCUT2D eigenvalue weighted by molar-refractivity contribution is 7.80. The molecule has 2 N–H and O–H groups in total. The summed E-state index contributed by atoms with van der Waals surface area (Å²) in [6.07, 6.45) is -4.39. The zero-order valence-electron chi connectivity index (χ0n) is 11.4. The van der Waals surface area contributed by atoms with Gasteiger partial charge < -0.3 is 10.6 Å². The van der Waals surface area contributed by atoms with Gasteiger partial charge in [-0.2, -0.15) is 13.2 Å². The first kappa shape index (κ1) is 16.7. The van der Waals surface area contributed by atoms with Crippen LogP contribution in [0.1, 0.15) is 5.56 Å². The highest BCUT2D eigenvalue weighted by Gasteiger charge is 2.29. The summed E-state index contributed by atoms with van der Waals surface area (Å²) in [6, 6.07) is 9.96. The van der Waals surface area contributed by atoms with E-state index in [4.69, 9.17) is 12.2 Å². The van der Waals surface area contributed by atoms with Gasteiger partial charge in [0.05, 0.1) is 10.5 Å². The van der Waals surface area contributed by atoms with Crippen LogP contribution in [0.3, 0.4) is 0 Å². The van der Waals surface area contributed by atoms with Crippen molar-refractivity contribution in [3.8, 4) is 0 Å². The van der Waals surface area contributed by atoms with Gasteiger partial charge in [0.15, 0.2) is 5.11 Å². The lowest BCUT2D eigenvalue weighted by Crippen LogP contribution is -2.19. The molecule has 0 aromatic heterocycles. The van der Waals surface area contributed by atoms with Crippen molar-refractivity contribution in [3.63, 3.8) is 0 Å².